The van der Waals surface area contributed by atoms with Crippen LogP contribution in [0.5, 0.6) is 0 Å². The van der Waals surface area contributed by atoms with Crippen molar-refractivity contribution >= 4 is 33.0 Å². The lowest BCUT2D eigenvalue weighted by Gasteiger charge is -2.22. The minimum atomic E-state index is -3.69. The average Bonchev–Trinajstić information content (AvgIpc) is 2.60. The Bertz CT molecular complexity index is 865. The topological polar surface area (TPSA) is 54.5 Å². The van der Waals surface area contributed by atoms with Crippen molar-refractivity contribution in [1.29, 1.82) is 0 Å². The number of anilines is 1. The van der Waals surface area contributed by atoms with E-state index in [0.29, 0.717) is 5.02 Å². The molecule has 0 unspecified atom stereocenters. The highest BCUT2D eigenvalue weighted by Gasteiger charge is 2.31. The zero-order valence-corrected chi connectivity index (χ0v) is 13.6. The van der Waals surface area contributed by atoms with E-state index >= 15 is 0 Å². The van der Waals surface area contributed by atoms with Gasteiger partial charge in [-0.1, -0.05) is 23.7 Å². The van der Waals surface area contributed by atoms with E-state index in [1.54, 1.807) is 24.3 Å². The molecule has 0 N–H and O–H groups in total. The first kappa shape index (κ1) is 16.0. The first-order valence-corrected chi connectivity index (χ1v) is 8.97. The molecule has 1 aliphatic rings. The zero-order chi connectivity index (χ0) is 16.6. The molecule has 0 bridgehead atoms. The number of rotatable bonds is 2. The molecule has 2 aromatic rings. The molecule has 0 radical (unpaired) electrons. The molecule has 1 amide bonds. The Kier molecular flexibility index (Phi) is 4.12. The third-order valence-corrected chi connectivity index (χ3v) is 5.68. The summed E-state index contributed by atoms with van der Waals surface area (Å²) in [5.41, 5.74) is 1.01. The van der Waals surface area contributed by atoms with Crippen molar-refractivity contribution < 1.29 is 17.6 Å². The normalized spacial score (nSPS) is 16.8. The van der Waals surface area contributed by atoms with Gasteiger partial charge in [-0.05, 0) is 35.9 Å². The summed E-state index contributed by atoms with van der Waals surface area (Å²) in [6.07, 6.45) is -0.133. The Morgan fingerprint density at radius 2 is 1.83 bits per heavy atom. The molecular weight excluding hydrogens is 341 g/mol. The van der Waals surface area contributed by atoms with Gasteiger partial charge >= 0.3 is 0 Å². The van der Waals surface area contributed by atoms with Gasteiger partial charge in [-0.3, -0.25) is 4.79 Å². The van der Waals surface area contributed by atoms with Gasteiger partial charge in [0.2, 0.25) is 5.91 Å². The third kappa shape index (κ3) is 3.23. The predicted molar refractivity (Wildman–Crippen MR) is 85.7 cm³/mol. The number of amides is 1. The zero-order valence-electron chi connectivity index (χ0n) is 12.0. The molecular formula is C16H13ClFNO3S. The van der Waals surface area contributed by atoms with E-state index in [0.717, 1.165) is 17.7 Å². The van der Waals surface area contributed by atoms with Crippen LogP contribution in [0, 0.1) is 5.82 Å². The summed E-state index contributed by atoms with van der Waals surface area (Å²) in [6.45, 7) is 0.199. The molecule has 1 heterocycles. The number of nitrogens with zero attached hydrogens (tertiary/aromatic N) is 1. The second-order valence-corrected chi connectivity index (χ2v) is 7.80. The van der Waals surface area contributed by atoms with Crippen molar-refractivity contribution in [3.8, 4) is 0 Å². The highest BCUT2D eigenvalue weighted by atomic mass is 35.5. The van der Waals surface area contributed by atoms with Crippen LogP contribution in [0.4, 0.5) is 10.1 Å². The minimum absolute atomic E-state index is 0.133. The van der Waals surface area contributed by atoms with Crippen LogP contribution in [0.3, 0.4) is 0 Å². The van der Waals surface area contributed by atoms with Crippen LogP contribution < -0.4 is 4.90 Å². The van der Waals surface area contributed by atoms with Crippen LogP contribution >= 0.6 is 11.6 Å². The molecule has 0 fully saturated rings. The quantitative estimate of drug-likeness (QED) is 0.833. The van der Waals surface area contributed by atoms with E-state index in [2.05, 4.69) is 0 Å². The molecule has 0 aliphatic carbocycles. The van der Waals surface area contributed by atoms with Crippen LogP contribution in [0.1, 0.15) is 12.0 Å². The summed E-state index contributed by atoms with van der Waals surface area (Å²) in [4.78, 5) is 13.6. The molecule has 120 valence electrons. The molecule has 0 saturated heterocycles. The fraction of sp³-hybridized carbons (Fsp3) is 0.188. The van der Waals surface area contributed by atoms with E-state index in [9.17, 15) is 17.6 Å². The first-order chi connectivity index (χ1) is 10.9. The highest BCUT2D eigenvalue weighted by Crippen LogP contribution is 2.32. The van der Waals surface area contributed by atoms with Gasteiger partial charge in [0, 0.05) is 11.4 Å². The van der Waals surface area contributed by atoms with E-state index in [4.69, 9.17) is 11.6 Å². The molecule has 23 heavy (non-hydrogen) atoms. The lowest BCUT2D eigenvalue weighted by Crippen LogP contribution is -2.29. The van der Waals surface area contributed by atoms with Crippen molar-refractivity contribution in [2.24, 2.45) is 0 Å². The first-order valence-electron chi connectivity index (χ1n) is 6.94. The summed E-state index contributed by atoms with van der Waals surface area (Å²) in [7, 11) is -3.69. The van der Waals surface area contributed by atoms with Crippen molar-refractivity contribution in [3.63, 3.8) is 0 Å². The van der Waals surface area contributed by atoms with Crippen LogP contribution in [0.2, 0.25) is 5.02 Å². The summed E-state index contributed by atoms with van der Waals surface area (Å²) in [5.74, 6) is -1.28. The molecule has 7 heteroatoms. The van der Waals surface area contributed by atoms with Crippen molar-refractivity contribution in [2.45, 2.75) is 17.9 Å². The Morgan fingerprint density at radius 1 is 1.13 bits per heavy atom. The number of sulfone groups is 1. The van der Waals surface area contributed by atoms with Gasteiger partial charge in [0.15, 0.2) is 9.84 Å². The number of carbonyl (C=O) groups excluding carboxylic acids is 1. The van der Waals surface area contributed by atoms with Gasteiger partial charge in [-0.2, -0.15) is 0 Å². The largest absolute Gasteiger partial charge is 0.307 e. The van der Waals surface area contributed by atoms with Gasteiger partial charge in [0.05, 0.1) is 22.9 Å². The lowest BCUT2D eigenvalue weighted by molar-refractivity contribution is -0.118. The Hall–Kier alpha value is -1.92. The van der Waals surface area contributed by atoms with E-state index in [1.807, 2.05) is 0 Å². The number of benzene rings is 2. The summed E-state index contributed by atoms with van der Waals surface area (Å²) < 4.78 is 38.0. The average molecular weight is 354 g/mol. The van der Waals surface area contributed by atoms with Crippen LogP contribution in [-0.4, -0.2) is 20.1 Å². The SMILES string of the molecule is O=C1CCS(=O)(=O)c2cc(F)ccc2N1Cc1ccc(Cl)cc1. The van der Waals surface area contributed by atoms with Gasteiger partial charge in [0.1, 0.15) is 5.82 Å². The predicted octanol–water partition coefficient (Wildman–Crippen LogP) is 3.19. The number of hydrogen-bond acceptors (Lipinski definition) is 3. The molecule has 4 nitrogen and oxygen atoms in total. The number of fused-ring (bicyclic) bond motifs is 1. The maximum Gasteiger partial charge on any atom is 0.228 e. The van der Waals surface area contributed by atoms with Crippen LogP contribution in [0.25, 0.3) is 0 Å². The Morgan fingerprint density at radius 3 is 2.52 bits per heavy atom. The van der Waals surface area contributed by atoms with Gasteiger partial charge in [-0.25, -0.2) is 12.8 Å². The molecule has 3 rings (SSSR count). The molecule has 0 spiro atoms. The molecule has 2 aromatic carbocycles. The van der Waals surface area contributed by atoms with Crippen LogP contribution in [0.15, 0.2) is 47.4 Å². The maximum atomic E-state index is 13.5. The molecule has 0 saturated carbocycles. The summed E-state index contributed by atoms with van der Waals surface area (Å²) in [6, 6.07) is 10.4. The molecule has 1 aliphatic heterocycles. The second-order valence-electron chi connectivity index (χ2n) is 5.29. The number of hydrogen-bond donors (Lipinski definition) is 0. The monoisotopic (exact) mass is 353 g/mol. The van der Waals surface area contributed by atoms with Gasteiger partial charge in [-0.15, -0.1) is 0 Å². The summed E-state index contributed by atoms with van der Waals surface area (Å²) in [5, 5.41) is 0.570. The maximum absolute atomic E-state index is 13.5. The van der Waals surface area contributed by atoms with E-state index < -0.39 is 15.7 Å². The smallest absolute Gasteiger partial charge is 0.228 e. The molecule has 0 aromatic heterocycles. The second kappa shape index (κ2) is 5.94. The van der Waals surface area contributed by atoms with E-state index in [-0.39, 0.29) is 35.2 Å². The number of carbonyl (C=O) groups is 1. The summed E-state index contributed by atoms with van der Waals surface area (Å²) >= 11 is 5.84. The fourth-order valence-corrected chi connectivity index (χ4v) is 4.09. The van der Waals surface area contributed by atoms with Gasteiger partial charge < -0.3 is 4.90 Å². The standard InChI is InChI=1S/C16H13ClFNO3S/c17-12-3-1-11(2-4-12)10-19-14-6-5-13(18)9-15(14)23(21,22)8-7-16(19)20/h1-6,9H,7-8,10H2. The van der Waals surface area contributed by atoms with E-state index in [1.165, 1.54) is 11.0 Å². The van der Waals surface area contributed by atoms with Crippen LogP contribution in [-0.2, 0) is 21.2 Å². The lowest BCUT2D eigenvalue weighted by atomic mass is 10.2. The van der Waals surface area contributed by atoms with Crippen molar-refractivity contribution in [1.82, 2.24) is 0 Å². The van der Waals surface area contributed by atoms with Crippen molar-refractivity contribution in [2.75, 3.05) is 10.7 Å². The minimum Gasteiger partial charge on any atom is -0.307 e. The molecule has 0 atom stereocenters. The fourth-order valence-electron chi connectivity index (χ4n) is 2.51. The third-order valence-electron chi connectivity index (χ3n) is 3.69. The Labute approximate surface area is 138 Å². The highest BCUT2D eigenvalue weighted by molar-refractivity contribution is 7.91. The van der Waals surface area contributed by atoms with Crippen molar-refractivity contribution in [3.05, 3.63) is 58.9 Å². The Balaban J connectivity index is 2.08. The van der Waals surface area contributed by atoms with Gasteiger partial charge in [0.25, 0.3) is 0 Å². The number of halogens is 2.